The molecule has 28 heavy (non-hydrogen) atoms. The number of halogens is 3. The van der Waals surface area contributed by atoms with Gasteiger partial charge in [-0.3, -0.25) is 9.69 Å². The van der Waals surface area contributed by atoms with E-state index in [2.05, 4.69) is 20.9 Å². The van der Waals surface area contributed by atoms with Crippen LogP contribution in [0.15, 0.2) is 35.3 Å². The molecule has 1 aliphatic rings. The minimum absolute atomic E-state index is 0.0386. The third-order valence-electron chi connectivity index (χ3n) is 4.32. The summed E-state index contributed by atoms with van der Waals surface area (Å²) in [7, 11) is 0. The number of rotatable bonds is 8. The Labute approximate surface area is 163 Å². The molecule has 1 fully saturated rings. The Balaban J connectivity index is 1.74. The van der Waals surface area contributed by atoms with Gasteiger partial charge in [-0.1, -0.05) is 30.3 Å². The maximum atomic E-state index is 12.5. The molecule has 1 saturated heterocycles. The Morgan fingerprint density at radius 2 is 2.00 bits per heavy atom. The Morgan fingerprint density at radius 3 is 2.68 bits per heavy atom. The summed E-state index contributed by atoms with van der Waals surface area (Å²) in [5, 5.41) is 8.97. The molecule has 1 amide bonds. The lowest BCUT2D eigenvalue weighted by atomic mass is 10.1. The molecule has 0 saturated carbocycles. The van der Waals surface area contributed by atoms with Gasteiger partial charge in [0.05, 0.1) is 6.54 Å². The molecule has 156 valence electrons. The van der Waals surface area contributed by atoms with Gasteiger partial charge in [-0.25, -0.2) is 4.99 Å². The number of nitrogens with zero attached hydrogens (tertiary/aromatic N) is 2. The zero-order chi connectivity index (χ0) is 20.4. The van der Waals surface area contributed by atoms with E-state index in [9.17, 15) is 18.0 Å². The molecular weight excluding hydrogens is 371 g/mol. The number of alkyl halides is 3. The first-order chi connectivity index (χ1) is 13.4. The lowest BCUT2D eigenvalue weighted by Gasteiger charge is -2.19. The Hall–Kier alpha value is -2.29. The smallest absolute Gasteiger partial charge is 0.357 e. The van der Waals surface area contributed by atoms with Crippen LogP contribution in [0.5, 0.6) is 0 Å². The van der Waals surface area contributed by atoms with Crippen LogP contribution in [0.4, 0.5) is 13.2 Å². The number of amides is 1. The van der Waals surface area contributed by atoms with Crippen molar-refractivity contribution in [1.82, 2.24) is 20.9 Å². The number of hydrogen-bond acceptors (Lipinski definition) is 3. The topological polar surface area (TPSA) is 68.8 Å². The summed E-state index contributed by atoms with van der Waals surface area (Å²) in [6.07, 6.45) is -2.85. The number of hydrogen-bond donors (Lipinski definition) is 3. The third kappa shape index (κ3) is 8.60. The number of carbonyl (C=O) groups excluding carboxylic acids is 1. The number of aliphatic imine (C=N–C) groups is 1. The highest BCUT2D eigenvalue weighted by Crippen LogP contribution is 2.19. The van der Waals surface area contributed by atoms with E-state index in [0.29, 0.717) is 38.6 Å². The van der Waals surface area contributed by atoms with Crippen LogP contribution in [0.1, 0.15) is 18.9 Å². The second kappa shape index (κ2) is 10.9. The van der Waals surface area contributed by atoms with Gasteiger partial charge in [-0.05, 0) is 25.3 Å². The minimum atomic E-state index is -4.19. The molecule has 0 bridgehead atoms. The van der Waals surface area contributed by atoms with Gasteiger partial charge in [-0.15, -0.1) is 0 Å². The molecule has 3 N–H and O–H groups in total. The molecule has 0 radical (unpaired) electrons. The zero-order valence-corrected chi connectivity index (χ0v) is 16.1. The van der Waals surface area contributed by atoms with E-state index in [-0.39, 0.29) is 18.5 Å². The molecule has 1 aliphatic heterocycles. The molecule has 2 rings (SSSR count). The molecule has 0 aromatic heterocycles. The van der Waals surface area contributed by atoms with Crippen molar-refractivity contribution in [2.45, 2.75) is 32.0 Å². The van der Waals surface area contributed by atoms with Crippen LogP contribution in [-0.4, -0.2) is 68.3 Å². The van der Waals surface area contributed by atoms with Crippen LogP contribution in [0.25, 0.3) is 0 Å². The number of likely N-dealkylation sites (tertiary alicyclic amines) is 1. The van der Waals surface area contributed by atoms with Crippen LogP contribution >= 0.6 is 0 Å². The van der Waals surface area contributed by atoms with Crippen molar-refractivity contribution in [2.75, 3.05) is 39.3 Å². The molecule has 1 heterocycles. The van der Waals surface area contributed by atoms with E-state index in [1.165, 1.54) is 4.90 Å². The van der Waals surface area contributed by atoms with Gasteiger partial charge >= 0.3 is 6.18 Å². The predicted octanol–water partition coefficient (Wildman–Crippen LogP) is 1.54. The van der Waals surface area contributed by atoms with Crippen LogP contribution < -0.4 is 16.0 Å². The van der Waals surface area contributed by atoms with Crippen molar-refractivity contribution in [3.63, 3.8) is 0 Å². The van der Waals surface area contributed by atoms with Crippen molar-refractivity contribution < 1.29 is 18.0 Å². The fourth-order valence-electron chi connectivity index (χ4n) is 3.06. The van der Waals surface area contributed by atoms with E-state index >= 15 is 0 Å². The van der Waals surface area contributed by atoms with Crippen molar-refractivity contribution in [2.24, 2.45) is 4.99 Å². The largest absolute Gasteiger partial charge is 0.401 e. The van der Waals surface area contributed by atoms with Gasteiger partial charge in [0.1, 0.15) is 6.54 Å². The zero-order valence-electron chi connectivity index (χ0n) is 16.1. The number of carbonyl (C=O) groups is 1. The maximum Gasteiger partial charge on any atom is 0.401 e. The summed E-state index contributed by atoms with van der Waals surface area (Å²) >= 11 is 0. The number of benzene rings is 1. The van der Waals surface area contributed by atoms with Crippen LogP contribution in [0.2, 0.25) is 0 Å². The van der Waals surface area contributed by atoms with Crippen molar-refractivity contribution in [3.05, 3.63) is 35.9 Å². The summed E-state index contributed by atoms with van der Waals surface area (Å²) < 4.78 is 37.5. The van der Waals surface area contributed by atoms with Crippen LogP contribution in [0.3, 0.4) is 0 Å². The van der Waals surface area contributed by atoms with Crippen LogP contribution in [0, 0.1) is 0 Å². The first-order valence-electron chi connectivity index (χ1n) is 9.50. The molecule has 0 spiro atoms. The standard InChI is InChI=1S/C19H28F3N5O/c1-2-23-18(26-16-9-11-27(13-16)14-19(20,21)22)25-12-17(28)24-10-8-15-6-4-3-5-7-15/h3-7,16H,2,8-14H2,1H3,(H,24,28)(H2,23,25,26). The predicted molar refractivity (Wildman–Crippen MR) is 103 cm³/mol. The van der Waals surface area contributed by atoms with E-state index < -0.39 is 12.7 Å². The molecule has 6 nitrogen and oxygen atoms in total. The quantitative estimate of drug-likeness (QED) is 0.458. The minimum Gasteiger partial charge on any atom is -0.357 e. The molecular formula is C19H28F3N5O. The SMILES string of the molecule is CCNC(=NCC(=O)NCCc1ccccc1)NC1CCN(CC(F)(F)F)C1. The molecule has 1 aromatic rings. The van der Waals surface area contributed by atoms with E-state index in [0.717, 1.165) is 12.0 Å². The number of nitrogens with one attached hydrogen (secondary N) is 3. The van der Waals surface area contributed by atoms with Crippen LogP contribution in [-0.2, 0) is 11.2 Å². The molecule has 1 unspecified atom stereocenters. The fraction of sp³-hybridized carbons (Fsp3) is 0.579. The van der Waals surface area contributed by atoms with Crippen molar-refractivity contribution >= 4 is 11.9 Å². The molecule has 9 heteroatoms. The maximum absolute atomic E-state index is 12.5. The van der Waals surface area contributed by atoms with Gasteiger partial charge in [0.25, 0.3) is 0 Å². The normalized spacial score (nSPS) is 18.1. The molecule has 1 aromatic carbocycles. The van der Waals surface area contributed by atoms with Gasteiger partial charge in [-0.2, -0.15) is 13.2 Å². The number of guanidine groups is 1. The van der Waals surface area contributed by atoms with Gasteiger partial charge in [0, 0.05) is 32.2 Å². The summed E-state index contributed by atoms with van der Waals surface area (Å²) in [6.45, 7) is 2.76. The van der Waals surface area contributed by atoms with Gasteiger partial charge in [0.2, 0.25) is 5.91 Å². The van der Waals surface area contributed by atoms with E-state index in [1.807, 2.05) is 37.3 Å². The van der Waals surface area contributed by atoms with Gasteiger partial charge < -0.3 is 16.0 Å². The van der Waals surface area contributed by atoms with E-state index in [1.54, 1.807) is 0 Å². The Bertz CT molecular complexity index is 636. The molecule has 1 atom stereocenters. The van der Waals surface area contributed by atoms with E-state index in [4.69, 9.17) is 0 Å². The first kappa shape index (κ1) is 22.0. The highest BCUT2D eigenvalue weighted by Gasteiger charge is 2.34. The monoisotopic (exact) mass is 399 g/mol. The lowest BCUT2D eigenvalue weighted by Crippen LogP contribution is -2.45. The summed E-state index contributed by atoms with van der Waals surface area (Å²) in [4.78, 5) is 17.6. The summed E-state index contributed by atoms with van der Waals surface area (Å²) in [6, 6.07) is 9.73. The Kier molecular flexibility index (Phi) is 8.56. The molecule has 0 aliphatic carbocycles. The highest BCUT2D eigenvalue weighted by molar-refractivity contribution is 5.85. The summed E-state index contributed by atoms with van der Waals surface area (Å²) in [5.74, 6) is 0.248. The Morgan fingerprint density at radius 1 is 1.25 bits per heavy atom. The fourth-order valence-corrected chi connectivity index (χ4v) is 3.06. The van der Waals surface area contributed by atoms with Crippen molar-refractivity contribution in [3.8, 4) is 0 Å². The van der Waals surface area contributed by atoms with Gasteiger partial charge in [0.15, 0.2) is 5.96 Å². The second-order valence-electron chi connectivity index (χ2n) is 6.76. The average Bonchev–Trinajstić information content (AvgIpc) is 3.06. The second-order valence-corrected chi connectivity index (χ2v) is 6.76. The average molecular weight is 399 g/mol. The lowest BCUT2D eigenvalue weighted by molar-refractivity contribution is -0.143. The highest BCUT2D eigenvalue weighted by atomic mass is 19.4. The third-order valence-corrected chi connectivity index (χ3v) is 4.32. The first-order valence-corrected chi connectivity index (χ1v) is 9.50. The van der Waals surface area contributed by atoms with Crippen molar-refractivity contribution in [1.29, 1.82) is 0 Å². The summed E-state index contributed by atoms with van der Waals surface area (Å²) in [5.41, 5.74) is 1.14.